The van der Waals surface area contributed by atoms with Crippen molar-refractivity contribution in [2.45, 2.75) is 11.8 Å². The molecule has 29 heavy (non-hydrogen) atoms. The summed E-state index contributed by atoms with van der Waals surface area (Å²) in [5, 5.41) is 7.25. The van der Waals surface area contributed by atoms with Crippen LogP contribution in [0.25, 0.3) is 0 Å². The summed E-state index contributed by atoms with van der Waals surface area (Å²) in [7, 11) is -3.69. The van der Waals surface area contributed by atoms with Gasteiger partial charge in [0.05, 0.1) is 10.6 Å². The van der Waals surface area contributed by atoms with Gasteiger partial charge in [-0.25, -0.2) is 8.42 Å². The Hall–Kier alpha value is -2.32. The van der Waals surface area contributed by atoms with Gasteiger partial charge in [0.15, 0.2) is 5.11 Å². The molecule has 3 rings (SSSR count). The number of sulfonamides is 1. The minimum atomic E-state index is -3.69. The summed E-state index contributed by atoms with van der Waals surface area (Å²) in [4.78, 5) is 0.145. The van der Waals surface area contributed by atoms with Gasteiger partial charge >= 0.3 is 0 Å². The van der Waals surface area contributed by atoms with Gasteiger partial charge in [-0.15, -0.1) is 0 Å². The summed E-state index contributed by atoms with van der Waals surface area (Å²) >= 11 is 17.2. The van der Waals surface area contributed by atoms with E-state index in [1.165, 1.54) is 12.1 Å². The number of nitrogens with one attached hydrogen (secondary N) is 3. The number of hydrogen-bond acceptors (Lipinski definition) is 3. The zero-order valence-electron chi connectivity index (χ0n) is 15.2. The van der Waals surface area contributed by atoms with E-state index in [-0.39, 0.29) is 4.90 Å². The Bertz CT molecular complexity index is 1130. The highest BCUT2D eigenvalue weighted by Gasteiger charge is 2.15. The third kappa shape index (κ3) is 5.83. The van der Waals surface area contributed by atoms with E-state index in [2.05, 4.69) is 15.4 Å². The van der Waals surface area contributed by atoms with E-state index in [1.54, 1.807) is 42.5 Å². The van der Waals surface area contributed by atoms with Gasteiger partial charge in [0.2, 0.25) is 0 Å². The lowest BCUT2D eigenvalue weighted by molar-refractivity contribution is 0.601. The van der Waals surface area contributed by atoms with E-state index in [1.807, 2.05) is 19.1 Å². The predicted octanol–water partition coefficient (Wildman–Crippen LogP) is 5.91. The molecule has 0 saturated carbocycles. The maximum atomic E-state index is 12.6. The van der Waals surface area contributed by atoms with Gasteiger partial charge in [-0.1, -0.05) is 41.4 Å². The fourth-order valence-electron chi connectivity index (χ4n) is 2.53. The highest BCUT2D eigenvalue weighted by molar-refractivity contribution is 7.92. The Morgan fingerprint density at radius 2 is 1.45 bits per heavy atom. The maximum absolute atomic E-state index is 12.6. The molecule has 0 bridgehead atoms. The van der Waals surface area contributed by atoms with Crippen molar-refractivity contribution < 1.29 is 8.42 Å². The number of anilines is 3. The van der Waals surface area contributed by atoms with Crippen LogP contribution >= 0.6 is 35.4 Å². The average Bonchev–Trinajstić information content (AvgIpc) is 2.63. The van der Waals surface area contributed by atoms with Crippen LogP contribution in [0, 0.1) is 6.92 Å². The first kappa shape index (κ1) is 21.4. The molecule has 3 N–H and O–H groups in total. The van der Waals surface area contributed by atoms with Crippen molar-refractivity contribution in [2.75, 3.05) is 15.4 Å². The molecular weight excluding hydrogens is 449 g/mol. The van der Waals surface area contributed by atoms with Crippen LogP contribution in [-0.4, -0.2) is 13.5 Å². The number of para-hydroxylation sites is 1. The Morgan fingerprint density at radius 3 is 2.07 bits per heavy atom. The number of benzene rings is 3. The summed E-state index contributed by atoms with van der Waals surface area (Å²) in [5.74, 6) is 0. The van der Waals surface area contributed by atoms with E-state index < -0.39 is 10.0 Å². The standard InChI is InChI=1S/C20H17Cl2N3O2S2/c1-13-4-2-3-5-19(13)25-29(26,27)18-8-6-16(7-9-18)23-20(28)24-17-11-14(21)10-15(22)12-17/h2-12,25H,1H3,(H2,23,24,28). The molecule has 0 spiro atoms. The lowest BCUT2D eigenvalue weighted by Gasteiger charge is -2.13. The van der Waals surface area contributed by atoms with Crippen LogP contribution in [0.3, 0.4) is 0 Å². The van der Waals surface area contributed by atoms with Gasteiger partial charge < -0.3 is 10.6 Å². The summed E-state index contributed by atoms with van der Waals surface area (Å²) in [5.41, 5.74) is 2.65. The monoisotopic (exact) mass is 465 g/mol. The predicted molar refractivity (Wildman–Crippen MR) is 125 cm³/mol. The molecule has 0 atom stereocenters. The van der Waals surface area contributed by atoms with E-state index in [4.69, 9.17) is 35.4 Å². The molecule has 0 saturated heterocycles. The third-order valence-corrected chi connectivity index (χ3v) is 5.95. The first-order chi connectivity index (χ1) is 13.7. The van der Waals surface area contributed by atoms with Crippen LogP contribution in [0.4, 0.5) is 17.1 Å². The Balaban J connectivity index is 1.68. The summed E-state index contributed by atoms with van der Waals surface area (Å²) in [6.07, 6.45) is 0. The first-order valence-electron chi connectivity index (χ1n) is 8.45. The molecule has 0 amide bonds. The fourth-order valence-corrected chi connectivity index (χ4v) is 4.42. The summed E-state index contributed by atoms with van der Waals surface area (Å²) in [6, 6.07) is 18.4. The second-order valence-corrected chi connectivity index (χ2v) is 9.15. The molecule has 9 heteroatoms. The van der Waals surface area contributed by atoms with Crippen molar-refractivity contribution in [3.05, 3.63) is 82.3 Å². The van der Waals surface area contributed by atoms with Crippen LogP contribution in [-0.2, 0) is 10.0 Å². The van der Waals surface area contributed by atoms with E-state index in [9.17, 15) is 8.42 Å². The topological polar surface area (TPSA) is 70.2 Å². The molecule has 0 aromatic heterocycles. The van der Waals surface area contributed by atoms with Crippen LogP contribution in [0.15, 0.2) is 71.6 Å². The molecule has 0 aliphatic carbocycles. The van der Waals surface area contributed by atoms with Crippen molar-refractivity contribution in [2.24, 2.45) is 0 Å². The smallest absolute Gasteiger partial charge is 0.261 e. The molecule has 150 valence electrons. The number of rotatable bonds is 5. The highest BCUT2D eigenvalue weighted by Crippen LogP contribution is 2.23. The van der Waals surface area contributed by atoms with E-state index in [0.717, 1.165) is 5.56 Å². The molecule has 5 nitrogen and oxygen atoms in total. The van der Waals surface area contributed by atoms with Crippen molar-refractivity contribution in [3.8, 4) is 0 Å². The fraction of sp³-hybridized carbons (Fsp3) is 0.0500. The second kappa shape index (κ2) is 9.00. The van der Waals surface area contributed by atoms with Gasteiger partial charge in [-0.05, 0) is 73.2 Å². The molecule has 3 aromatic carbocycles. The molecule has 0 unspecified atom stereocenters. The normalized spacial score (nSPS) is 11.0. The minimum absolute atomic E-state index is 0.145. The van der Waals surface area contributed by atoms with Gasteiger partial charge in [-0.2, -0.15) is 0 Å². The molecule has 0 aliphatic rings. The van der Waals surface area contributed by atoms with Crippen LogP contribution in [0.1, 0.15) is 5.56 Å². The molecule has 0 fully saturated rings. The summed E-state index contributed by atoms with van der Waals surface area (Å²) < 4.78 is 27.8. The molecule has 3 aromatic rings. The van der Waals surface area contributed by atoms with Gasteiger partial charge in [0, 0.05) is 21.4 Å². The van der Waals surface area contributed by atoms with Gasteiger partial charge in [-0.3, -0.25) is 4.72 Å². The lowest BCUT2D eigenvalue weighted by atomic mass is 10.2. The third-order valence-electron chi connectivity index (χ3n) is 3.93. The maximum Gasteiger partial charge on any atom is 0.261 e. The lowest BCUT2D eigenvalue weighted by Crippen LogP contribution is -2.19. The van der Waals surface area contributed by atoms with Gasteiger partial charge in [0.1, 0.15) is 0 Å². The van der Waals surface area contributed by atoms with Crippen molar-refractivity contribution in [1.29, 1.82) is 0 Å². The highest BCUT2D eigenvalue weighted by atomic mass is 35.5. The first-order valence-corrected chi connectivity index (χ1v) is 11.1. The zero-order chi connectivity index (χ0) is 21.0. The van der Waals surface area contributed by atoms with Gasteiger partial charge in [0.25, 0.3) is 10.0 Å². The van der Waals surface area contributed by atoms with Crippen molar-refractivity contribution in [3.63, 3.8) is 0 Å². The second-order valence-electron chi connectivity index (χ2n) is 6.18. The average molecular weight is 466 g/mol. The largest absolute Gasteiger partial charge is 0.332 e. The Labute approximate surface area is 185 Å². The number of halogens is 2. The number of hydrogen-bond donors (Lipinski definition) is 3. The van der Waals surface area contributed by atoms with Crippen molar-refractivity contribution >= 4 is 67.6 Å². The minimum Gasteiger partial charge on any atom is -0.332 e. The van der Waals surface area contributed by atoms with Crippen molar-refractivity contribution in [1.82, 2.24) is 0 Å². The number of thiocarbonyl (C=S) groups is 1. The number of aryl methyl sites for hydroxylation is 1. The molecule has 0 aliphatic heterocycles. The summed E-state index contributed by atoms with van der Waals surface area (Å²) in [6.45, 7) is 1.84. The SMILES string of the molecule is Cc1ccccc1NS(=O)(=O)c1ccc(NC(=S)Nc2cc(Cl)cc(Cl)c2)cc1. The molecule has 0 heterocycles. The van der Waals surface area contributed by atoms with E-state index >= 15 is 0 Å². The van der Waals surface area contributed by atoms with Crippen LogP contribution in [0.2, 0.25) is 10.0 Å². The Kier molecular flexibility index (Phi) is 6.64. The van der Waals surface area contributed by atoms with E-state index in [0.29, 0.717) is 32.2 Å². The Morgan fingerprint density at radius 1 is 0.862 bits per heavy atom. The quantitative estimate of drug-likeness (QED) is 0.408. The molecular formula is C20H17Cl2N3O2S2. The van der Waals surface area contributed by atoms with Crippen LogP contribution < -0.4 is 15.4 Å². The molecule has 0 radical (unpaired) electrons. The zero-order valence-corrected chi connectivity index (χ0v) is 18.4. The van der Waals surface area contributed by atoms with Crippen LogP contribution in [0.5, 0.6) is 0 Å².